The number of aromatic nitrogens is 2. The number of para-hydroxylation sites is 2. The lowest BCUT2D eigenvalue weighted by Crippen LogP contribution is -2.32. The Balaban J connectivity index is 1.67. The van der Waals surface area contributed by atoms with Gasteiger partial charge in [0.05, 0.1) is 10.9 Å². The van der Waals surface area contributed by atoms with Gasteiger partial charge in [0.25, 0.3) is 5.56 Å². The SMILES string of the molecule is O=C(CCn1c(=O)[nH]c(=O)c2ccccc21)NCc1ccccc1OC(F)(F)F. The topological polar surface area (TPSA) is 93.2 Å². The summed E-state index contributed by atoms with van der Waals surface area (Å²) >= 11 is 0. The number of nitrogens with one attached hydrogen (secondary N) is 2. The molecule has 0 aliphatic heterocycles. The highest BCUT2D eigenvalue weighted by atomic mass is 19.4. The minimum absolute atomic E-state index is 0.0113. The van der Waals surface area contributed by atoms with Crippen LogP contribution in [-0.4, -0.2) is 21.8 Å². The smallest absolute Gasteiger partial charge is 0.405 e. The van der Waals surface area contributed by atoms with Crippen LogP contribution >= 0.6 is 0 Å². The van der Waals surface area contributed by atoms with Gasteiger partial charge in [-0.15, -0.1) is 13.2 Å². The van der Waals surface area contributed by atoms with Gasteiger partial charge in [-0.05, 0) is 18.2 Å². The van der Waals surface area contributed by atoms with Crippen molar-refractivity contribution in [2.24, 2.45) is 0 Å². The summed E-state index contributed by atoms with van der Waals surface area (Å²) in [5.41, 5.74) is -0.624. The number of alkyl halides is 3. The number of hydrogen-bond acceptors (Lipinski definition) is 4. The van der Waals surface area contributed by atoms with E-state index in [4.69, 9.17) is 0 Å². The molecule has 0 saturated heterocycles. The van der Waals surface area contributed by atoms with Crippen LogP contribution in [0.5, 0.6) is 5.75 Å². The molecule has 2 aromatic carbocycles. The van der Waals surface area contributed by atoms with E-state index >= 15 is 0 Å². The molecule has 0 unspecified atom stereocenters. The maximum Gasteiger partial charge on any atom is 0.573 e. The molecular weight excluding hydrogens is 391 g/mol. The van der Waals surface area contributed by atoms with E-state index in [9.17, 15) is 27.6 Å². The second-order valence-electron chi connectivity index (χ2n) is 6.11. The molecule has 7 nitrogen and oxygen atoms in total. The molecule has 0 spiro atoms. The summed E-state index contributed by atoms with van der Waals surface area (Å²) in [6.45, 7) is -0.186. The highest BCUT2D eigenvalue weighted by Crippen LogP contribution is 2.26. The number of ether oxygens (including phenoxy) is 1. The van der Waals surface area contributed by atoms with E-state index in [1.165, 1.54) is 22.8 Å². The molecule has 1 amide bonds. The molecule has 0 radical (unpaired) electrons. The van der Waals surface area contributed by atoms with Crippen molar-refractivity contribution in [2.45, 2.75) is 25.9 Å². The first-order chi connectivity index (χ1) is 13.7. The molecule has 152 valence electrons. The second kappa shape index (κ2) is 8.21. The van der Waals surface area contributed by atoms with E-state index in [1.54, 1.807) is 24.3 Å². The lowest BCUT2D eigenvalue weighted by Gasteiger charge is -2.14. The molecule has 10 heteroatoms. The number of rotatable bonds is 6. The van der Waals surface area contributed by atoms with Crippen LogP contribution in [0.1, 0.15) is 12.0 Å². The summed E-state index contributed by atoms with van der Waals surface area (Å²) in [6, 6.07) is 11.9. The summed E-state index contributed by atoms with van der Waals surface area (Å²) in [5.74, 6) is -0.878. The molecule has 0 bridgehead atoms. The van der Waals surface area contributed by atoms with Crippen molar-refractivity contribution in [1.29, 1.82) is 0 Å². The first-order valence-corrected chi connectivity index (χ1v) is 8.57. The molecule has 0 aliphatic carbocycles. The minimum Gasteiger partial charge on any atom is -0.405 e. The zero-order chi connectivity index (χ0) is 21.0. The van der Waals surface area contributed by atoms with Crippen LogP contribution in [0.2, 0.25) is 0 Å². The van der Waals surface area contributed by atoms with Gasteiger partial charge in [-0.2, -0.15) is 0 Å². The molecule has 0 aliphatic rings. The van der Waals surface area contributed by atoms with E-state index < -0.39 is 29.3 Å². The number of fused-ring (bicyclic) bond motifs is 1. The Hall–Kier alpha value is -3.56. The summed E-state index contributed by atoms with van der Waals surface area (Å²) in [4.78, 5) is 38.2. The fraction of sp³-hybridized carbons (Fsp3) is 0.211. The summed E-state index contributed by atoms with van der Waals surface area (Å²) in [6.07, 6.45) is -4.95. The van der Waals surface area contributed by atoms with Gasteiger partial charge in [0.15, 0.2) is 0 Å². The predicted octanol–water partition coefficient (Wildman–Crippen LogP) is 2.29. The van der Waals surface area contributed by atoms with Gasteiger partial charge >= 0.3 is 12.1 Å². The van der Waals surface area contributed by atoms with Crippen molar-refractivity contribution in [3.63, 3.8) is 0 Å². The average molecular weight is 407 g/mol. The number of hydrogen-bond donors (Lipinski definition) is 2. The Morgan fingerprint density at radius 2 is 1.76 bits per heavy atom. The van der Waals surface area contributed by atoms with Crippen molar-refractivity contribution < 1.29 is 22.7 Å². The Morgan fingerprint density at radius 3 is 2.52 bits per heavy atom. The van der Waals surface area contributed by atoms with Gasteiger partial charge in [0.2, 0.25) is 5.91 Å². The molecular formula is C19H16F3N3O4. The van der Waals surface area contributed by atoms with E-state index in [0.717, 1.165) is 6.07 Å². The first kappa shape index (κ1) is 20.2. The fourth-order valence-corrected chi connectivity index (χ4v) is 2.83. The zero-order valence-corrected chi connectivity index (χ0v) is 15.0. The van der Waals surface area contributed by atoms with Gasteiger partial charge in [-0.1, -0.05) is 30.3 Å². The molecule has 3 rings (SSSR count). The monoisotopic (exact) mass is 407 g/mol. The Bertz CT molecular complexity index is 1150. The van der Waals surface area contributed by atoms with Crippen LogP contribution in [0.15, 0.2) is 58.1 Å². The molecule has 1 aromatic heterocycles. The van der Waals surface area contributed by atoms with Gasteiger partial charge in [-0.25, -0.2) is 4.79 Å². The summed E-state index contributed by atoms with van der Waals surface area (Å²) < 4.78 is 42.6. The number of H-pyrrole nitrogens is 1. The molecule has 29 heavy (non-hydrogen) atoms. The third-order valence-electron chi connectivity index (χ3n) is 4.14. The maximum atomic E-state index is 12.5. The standard InChI is InChI=1S/C19H16F3N3O4/c20-19(21,22)29-15-8-4-1-5-12(15)11-23-16(26)9-10-25-14-7-3-2-6-13(14)17(27)24-18(25)28/h1-8H,9-11H2,(H,23,26)(H,24,27,28). The molecule has 3 aromatic rings. The first-order valence-electron chi connectivity index (χ1n) is 8.57. The molecule has 2 N–H and O–H groups in total. The van der Waals surface area contributed by atoms with Crippen LogP contribution in [0.4, 0.5) is 13.2 Å². The summed E-state index contributed by atoms with van der Waals surface area (Å²) in [7, 11) is 0. The minimum atomic E-state index is -4.84. The number of aromatic amines is 1. The average Bonchev–Trinajstić information content (AvgIpc) is 2.66. The largest absolute Gasteiger partial charge is 0.573 e. The highest BCUT2D eigenvalue weighted by molar-refractivity contribution is 5.78. The fourth-order valence-electron chi connectivity index (χ4n) is 2.83. The Labute approximate surface area is 161 Å². The lowest BCUT2D eigenvalue weighted by molar-refractivity contribution is -0.274. The lowest BCUT2D eigenvalue weighted by atomic mass is 10.2. The van der Waals surface area contributed by atoms with Crippen LogP contribution in [-0.2, 0) is 17.9 Å². The van der Waals surface area contributed by atoms with Gasteiger partial charge in [-0.3, -0.25) is 19.1 Å². The van der Waals surface area contributed by atoms with E-state index in [2.05, 4.69) is 15.0 Å². The number of aryl methyl sites for hydroxylation is 1. The van der Waals surface area contributed by atoms with E-state index in [0.29, 0.717) is 10.9 Å². The molecule has 0 saturated carbocycles. The van der Waals surface area contributed by atoms with Crippen LogP contribution in [0, 0.1) is 0 Å². The molecule has 0 atom stereocenters. The van der Waals surface area contributed by atoms with E-state index in [1.807, 2.05) is 0 Å². The summed E-state index contributed by atoms with van der Waals surface area (Å²) in [5, 5.41) is 2.81. The van der Waals surface area contributed by atoms with Gasteiger partial charge in [0.1, 0.15) is 5.75 Å². The van der Waals surface area contributed by atoms with Crippen molar-refractivity contribution in [2.75, 3.05) is 0 Å². The predicted molar refractivity (Wildman–Crippen MR) is 98.4 cm³/mol. The van der Waals surface area contributed by atoms with Crippen LogP contribution in [0.3, 0.4) is 0 Å². The highest BCUT2D eigenvalue weighted by Gasteiger charge is 2.31. The quantitative estimate of drug-likeness (QED) is 0.656. The van der Waals surface area contributed by atoms with Gasteiger partial charge in [0, 0.05) is 25.1 Å². The number of amides is 1. The van der Waals surface area contributed by atoms with Crippen LogP contribution < -0.4 is 21.3 Å². The number of halogens is 3. The van der Waals surface area contributed by atoms with Crippen LogP contribution in [0.25, 0.3) is 10.9 Å². The molecule has 1 heterocycles. The maximum absolute atomic E-state index is 12.5. The third kappa shape index (κ3) is 5.03. The van der Waals surface area contributed by atoms with Crippen molar-refractivity contribution in [3.05, 3.63) is 74.9 Å². The zero-order valence-electron chi connectivity index (χ0n) is 15.0. The number of carbonyl (C=O) groups is 1. The number of nitrogens with zero attached hydrogens (tertiary/aromatic N) is 1. The van der Waals surface area contributed by atoms with Crippen molar-refractivity contribution in [1.82, 2.24) is 14.9 Å². The Morgan fingerprint density at radius 1 is 1.07 bits per heavy atom. The Kier molecular flexibility index (Phi) is 5.71. The normalized spacial score (nSPS) is 11.4. The number of carbonyl (C=O) groups excluding carboxylic acids is 1. The van der Waals surface area contributed by atoms with E-state index in [-0.39, 0.29) is 25.1 Å². The van der Waals surface area contributed by atoms with Gasteiger partial charge < -0.3 is 10.1 Å². The third-order valence-corrected chi connectivity index (χ3v) is 4.14. The van der Waals surface area contributed by atoms with Crippen molar-refractivity contribution >= 4 is 16.8 Å². The second-order valence-corrected chi connectivity index (χ2v) is 6.11. The van der Waals surface area contributed by atoms with Crippen molar-refractivity contribution in [3.8, 4) is 5.75 Å². The molecule has 0 fully saturated rings. The number of benzene rings is 2.